The molecule has 0 aromatic heterocycles. The average molecular weight is 285 g/mol. The fraction of sp³-hybridized carbons (Fsp3) is 1.00. The van der Waals surface area contributed by atoms with E-state index in [1.807, 2.05) is 0 Å². The number of hydrogen-bond donors (Lipinski definition) is 0. The number of nitrogens with zero attached hydrogens (tertiary/aromatic N) is 1. The van der Waals surface area contributed by atoms with Crippen LogP contribution < -0.4 is 0 Å². The summed E-state index contributed by atoms with van der Waals surface area (Å²) in [5, 5.41) is 0. The topological polar surface area (TPSA) is 43.5 Å². The first kappa shape index (κ1) is 13.0. The Balaban J connectivity index is 1.68. The second-order valence-corrected chi connectivity index (χ2v) is 6.02. The van der Waals surface area contributed by atoms with Gasteiger partial charge in [-0.15, -0.1) is 7.77 Å². The van der Waals surface area contributed by atoms with E-state index in [1.165, 1.54) is 0 Å². The largest absolute Gasteiger partial charge is 0.364 e. The van der Waals surface area contributed by atoms with E-state index in [0.29, 0.717) is 6.61 Å². The minimum atomic E-state index is -4.26. The van der Waals surface area contributed by atoms with Crippen LogP contribution in [0.3, 0.4) is 0 Å². The van der Waals surface area contributed by atoms with E-state index >= 15 is 0 Å². The number of ether oxygens (including phenoxy) is 3. The molecule has 5 nitrogen and oxygen atoms in total. The maximum absolute atomic E-state index is 14.0. The molecule has 8 heteroatoms. The van der Waals surface area contributed by atoms with Crippen molar-refractivity contribution in [3.63, 3.8) is 0 Å². The molecule has 2 bridgehead atoms. The quantitative estimate of drug-likeness (QED) is 0.718. The summed E-state index contributed by atoms with van der Waals surface area (Å²) in [6.45, 7) is 4.26. The molecule has 0 radical (unpaired) electrons. The van der Waals surface area contributed by atoms with E-state index in [1.54, 1.807) is 13.8 Å². The van der Waals surface area contributed by atoms with Crippen molar-refractivity contribution < 1.29 is 26.2 Å². The van der Waals surface area contributed by atoms with Gasteiger partial charge in [0.15, 0.2) is 12.4 Å². The first-order valence-corrected chi connectivity index (χ1v) is 7.46. The maximum Gasteiger partial charge on any atom is 0.241 e. The lowest BCUT2D eigenvalue weighted by atomic mass is 10.1. The Hall–Kier alpha value is 0.01000. The molecule has 5 atom stereocenters. The van der Waals surface area contributed by atoms with Crippen LogP contribution in [0.1, 0.15) is 13.8 Å². The SMILES string of the molecule is CCN(CC)S(F)(F)O[C@@H]1[C@@H]2OC[C@@H](O2)[C@@H]2O[C@H]12. The number of fused-ring (bicyclic) bond motifs is 4. The molecule has 3 aliphatic heterocycles. The van der Waals surface area contributed by atoms with Gasteiger partial charge in [-0.1, -0.05) is 13.8 Å². The first-order chi connectivity index (χ1) is 8.56. The van der Waals surface area contributed by atoms with Crippen LogP contribution in [0, 0.1) is 0 Å². The van der Waals surface area contributed by atoms with Crippen LogP contribution in [0.25, 0.3) is 0 Å². The van der Waals surface area contributed by atoms with Gasteiger partial charge in [0.05, 0.1) is 6.61 Å². The highest BCUT2D eigenvalue weighted by molar-refractivity contribution is 8.19. The Kier molecular flexibility index (Phi) is 3.28. The van der Waals surface area contributed by atoms with Crippen molar-refractivity contribution in [1.82, 2.24) is 4.31 Å². The highest BCUT2D eigenvalue weighted by Crippen LogP contribution is 2.59. The van der Waals surface area contributed by atoms with Gasteiger partial charge in [0.1, 0.15) is 18.3 Å². The summed E-state index contributed by atoms with van der Waals surface area (Å²) in [6.07, 6.45) is -2.09. The third-order valence-corrected chi connectivity index (χ3v) is 5.06. The van der Waals surface area contributed by atoms with Crippen LogP contribution in [0.2, 0.25) is 0 Å². The Labute approximate surface area is 107 Å². The van der Waals surface area contributed by atoms with Gasteiger partial charge >= 0.3 is 0 Å². The van der Waals surface area contributed by atoms with Crippen molar-refractivity contribution in [2.24, 2.45) is 0 Å². The van der Waals surface area contributed by atoms with Gasteiger partial charge in [0, 0.05) is 13.1 Å². The van der Waals surface area contributed by atoms with Crippen LogP contribution in [0.4, 0.5) is 7.77 Å². The maximum atomic E-state index is 14.0. The molecule has 3 fully saturated rings. The normalized spacial score (nSPS) is 43.1. The summed E-state index contributed by atoms with van der Waals surface area (Å²) in [5.41, 5.74) is 0. The van der Waals surface area contributed by atoms with Gasteiger partial charge in [-0.25, -0.2) is 0 Å². The Morgan fingerprint density at radius 3 is 2.61 bits per heavy atom. The lowest BCUT2D eigenvalue weighted by Crippen LogP contribution is -2.42. The Bertz CT molecular complexity index is 331. The number of hydrogen-bond acceptors (Lipinski definition) is 5. The highest BCUT2D eigenvalue weighted by Gasteiger charge is 2.63. The summed E-state index contributed by atoms with van der Waals surface area (Å²) in [5.74, 6) is 0. The summed E-state index contributed by atoms with van der Waals surface area (Å²) < 4.78 is 50.2. The summed E-state index contributed by atoms with van der Waals surface area (Å²) in [7, 11) is 0. The van der Waals surface area contributed by atoms with Crippen LogP contribution in [-0.2, 0) is 18.4 Å². The second-order valence-electron chi connectivity index (χ2n) is 4.51. The minimum absolute atomic E-state index is 0.114. The molecule has 106 valence electrons. The van der Waals surface area contributed by atoms with Crippen LogP contribution in [0.5, 0.6) is 0 Å². The molecule has 3 heterocycles. The van der Waals surface area contributed by atoms with Crippen molar-refractivity contribution in [3.8, 4) is 0 Å². The van der Waals surface area contributed by atoms with Gasteiger partial charge in [0.25, 0.3) is 0 Å². The Morgan fingerprint density at radius 1 is 1.22 bits per heavy atom. The van der Waals surface area contributed by atoms with Crippen molar-refractivity contribution in [3.05, 3.63) is 0 Å². The molecular formula is C10H17F2NO4S. The number of halogens is 2. The Morgan fingerprint density at radius 2 is 1.94 bits per heavy atom. The van der Waals surface area contributed by atoms with Gasteiger partial charge in [-0.2, -0.15) is 4.31 Å². The lowest BCUT2D eigenvalue weighted by molar-refractivity contribution is -0.135. The van der Waals surface area contributed by atoms with E-state index in [9.17, 15) is 7.77 Å². The van der Waals surface area contributed by atoms with Crippen LogP contribution in [-0.4, -0.2) is 54.7 Å². The zero-order chi connectivity index (χ0) is 12.9. The summed E-state index contributed by atoms with van der Waals surface area (Å²) in [4.78, 5) is 0. The molecule has 0 aromatic carbocycles. The standard InChI is InChI=1S/C10H17F2NO4S/c1-3-13(4-2)18(11,12)17-9-8-7(16-8)6-5-14-10(9)15-6/h6-10H,3-5H2,1-2H3/t6-,7+,8+,9+,10-/m1/s1. The molecular weight excluding hydrogens is 268 g/mol. The third kappa shape index (κ3) is 2.04. The van der Waals surface area contributed by atoms with Gasteiger partial charge < -0.3 is 14.2 Å². The molecule has 0 aromatic rings. The molecule has 3 rings (SSSR count). The molecule has 0 aliphatic carbocycles. The molecule has 0 amide bonds. The molecule has 0 saturated carbocycles. The second kappa shape index (κ2) is 4.53. The summed E-state index contributed by atoms with van der Waals surface area (Å²) in [6, 6.07) is 0. The van der Waals surface area contributed by atoms with Gasteiger partial charge in [-0.3, -0.25) is 4.18 Å². The molecule has 0 unspecified atom stereocenters. The van der Waals surface area contributed by atoms with Crippen molar-refractivity contribution >= 4 is 11.3 Å². The predicted molar refractivity (Wildman–Crippen MR) is 60.9 cm³/mol. The van der Waals surface area contributed by atoms with E-state index in [-0.39, 0.29) is 31.4 Å². The van der Waals surface area contributed by atoms with Gasteiger partial charge in [0.2, 0.25) is 11.3 Å². The van der Waals surface area contributed by atoms with E-state index in [2.05, 4.69) is 0 Å². The predicted octanol–water partition coefficient (Wildman–Crippen LogP) is 1.64. The smallest absolute Gasteiger partial charge is 0.241 e. The monoisotopic (exact) mass is 285 g/mol. The minimum Gasteiger partial charge on any atom is -0.364 e. The fourth-order valence-electron chi connectivity index (χ4n) is 2.46. The van der Waals surface area contributed by atoms with Crippen molar-refractivity contribution in [1.29, 1.82) is 0 Å². The van der Waals surface area contributed by atoms with E-state index in [0.717, 1.165) is 4.31 Å². The fourth-order valence-corrected chi connectivity index (χ4v) is 3.65. The number of epoxide rings is 1. The zero-order valence-electron chi connectivity index (χ0n) is 10.3. The molecule has 3 saturated heterocycles. The third-order valence-electron chi connectivity index (χ3n) is 3.49. The first-order valence-electron chi connectivity index (χ1n) is 6.15. The van der Waals surface area contributed by atoms with Crippen LogP contribution >= 0.6 is 11.3 Å². The average Bonchev–Trinajstić information content (AvgIpc) is 3.00. The van der Waals surface area contributed by atoms with Gasteiger partial charge in [-0.05, 0) is 0 Å². The molecule has 0 spiro atoms. The molecule has 3 aliphatic rings. The highest BCUT2D eigenvalue weighted by atomic mass is 32.3. The van der Waals surface area contributed by atoms with E-state index < -0.39 is 23.7 Å². The van der Waals surface area contributed by atoms with E-state index in [4.69, 9.17) is 18.4 Å². The molecule has 0 N–H and O–H groups in total. The zero-order valence-corrected chi connectivity index (χ0v) is 11.1. The van der Waals surface area contributed by atoms with Crippen molar-refractivity contribution in [2.45, 2.75) is 44.6 Å². The number of rotatable bonds is 5. The van der Waals surface area contributed by atoms with Crippen molar-refractivity contribution in [2.75, 3.05) is 19.7 Å². The van der Waals surface area contributed by atoms with Crippen LogP contribution in [0.15, 0.2) is 0 Å². The lowest BCUT2D eigenvalue weighted by Gasteiger charge is -2.35. The summed E-state index contributed by atoms with van der Waals surface area (Å²) >= 11 is -4.26. The molecule has 18 heavy (non-hydrogen) atoms.